The third-order valence-electron chi connectivity index (χ3n) is 5.15. The molecule has 1 aliphatic heterocycles. The van der Waals surface area contributed by atoms with Crippen molar-refractivity contribution in [3.05, 3.63) is 59.2 Å². The highest BCUT2D eigenvalue weighted by Crippen LogP contribution is 2.40. The van der Waals surface area contributed by atoms with Crippen LogP contribution in [-0.2, 0) is 4.79 Å². The van der Waals surface area contributed by atoms with Crippen LogP contribution in [0.5, 0.6) is 11.5 Å². The van der Waals surface area contributed by atoms with Crippen molar-refractivity contribution in [2.24, 2.45) is 0 Å². The Labute approximate surface area is 168 Å². The third kappa shape index (κ3) is 4.49. The van der Waals surface area contributed by atoms with E-state index < -0.39 is 6.10 Å². The van der Waals surface area contributed by atoms with Crippen LogP contribution in [0.3, 0.4) is 0 Å². The number of carbonyl (C=O) groups excluding carboxylic acids is 1. The lowest BCUT2D eigenvalue weighted by atomic mass is 9.89. The minimum absolute atomic E-state index is 0.0995. The van der Waals surface area contributed by atoms with E-state index in [1.807, 2.05) is 57.2 Å². The number of carbonyl (C=O) groups is 1. The number of amides is 1. The van der Waals surface area contributed by atoms with Gasteiger partial charge in [-0.2, -0.15) is 0 Å². The van der Waals surface area contributed by atoms with Gasteiger partial charge in [-0.15, -0.1) is 0 Å². The first-order valence-electron chi connectivity index (χ1n) is 10.0. The van der Waals surface area contributed by atoms with Gasteiger partial charge in [0.1, 0.15) is 17.1 Å². The van der Waals surface area contributed by atoms with Crippen LogP contribution in [-0.4, -0.2) is 17.6 Å². The van der Waals surface area contributed by atoms with Crippen LogP contribution in [0.25, 0.3) is 0 Å². The third-order valence-corrected chi connectivity index (χ3v) is 5.15. The maximum atomic E-state index is 12.9. The Hall–Kier alpha value is -2.49. The maximum absolute atomic E-state index is 12.9. The number of fused-ring (bicyclic) bond motifs is 1. The number of benzene rings is 2. The molecule has 0 aliphatic carbocycles. The summed E-state index contributed by atoms with van der Waals surface area (Å²) in [6, 6.07) is 13.9. The van der Waals surface area contributed by atoms with E-state index in [4.69, 9.17) is 9.47 Å². The average molecular weight is 382 g/mol. The predicted octanol–water partition coefficient (Wildman–Crippen LogP) is 5.30. The fraction of sp³-hybridized carbons (Fsp3) is 0.458. The molecule has 2 aromatic carbocycles. The van der Waals surface area contributed by atoms with Gasteiger partial charge in [0.2, 0.25) is 0 Å². The van der Waals surface area contributed by atoms with Crippen molar-refractivity contribution in [3.8, 4) is 11.5 Å². The lowest BCUT2D eigenvalue weighted by Crippen LogP contribution is -2.44. The zero-order chi connectivity index (χ0) is 20.5. The monoisotopic (exact) mass is 381 g/mol. The molecule has 1 amide bonds. The first-order valence-corrected chi connectivity index (χ1v) is 10.0. The van der Waals surface area contributed by atoms with Crippen molar-refractivity contribution in [2.75, 3.05) is 0 Å². The van der Waals surface area contributed by atoms with Gasteiger partial charge < -0.3 is 14.8 Å². The van der Waals surface area contributed by atoms with E-state index in [1.54, 1.807) is 6.92 Å². The Kier molecular flexibility index (Phi) is 5.69. The lowest BCUT2D eigenvalue weighted by Gasteiger charge is -2.38. The summed E-state index contributed by atoms with van der Waals surface area (Å²) >= 11 is 0. The first-order chi connectivity index (χ1) is 13.2. The van der Waals surface area contributed by atoms with E-state index in [0.717, 1.165) is 28.2 Å². The Balaban J connectivity index is 1.77. The molecule has 1 heterocycles. The van der Waals surface area contributed by atoms with Crippen LogP contribution in [0.15, 0.2) is 42.5 Å². The molecule has 4 nitrogen and oxygen atoms in total. The van der Waals surface area contributed by atoms with Gasteiger partial charge in [-0.25, -0.2) is 0 Å². The van der Waals surface area contributed by atoms with Crippen LogP contribution < -0.4 is 14.8 Å². The zero-order valence-electron chi connectivity index (χ0n) is 17.7. The van der Waals surface area contributed by atoms with E-state index in [2.05, 4.69) is 25.2 Å². The van der Waals surface area contributed by atoms with Gasteiger partial charge in [0, 0.05) is 12.0 Å². The predicted molar refractivity (Wildman–Crippen MR) is 112 cm³/mol. The molecular weight excluding hydrogens is 350 g/mol. The van der Waals surface area contributed by atoms with E-state index in [-0.39, 0.29) is 17.6 Å². The second-order valence-electron chi connectivity index (χ2n) is 8.62. The Morgan fingerprint density at radius 1 is 1.18 bits per heavy atom. The molecule has 0 spiro atoms. The zero-order valence-corrected chi connectivity index (χ0v) is 17.7. The smallest absolute Gasteiger partial charge is 0.261 e. The average Bonchev–Trinajstić information content (AvgIpc) is 2.62. The molecule has 3 rings (SSSR count). The highest BCUT2D eigenvalue weighted by atomic mass is 16.5. The largest absolute Gasteiger partial charge is 0.487 e. The summed E-state index contributed by atoms with van der Waals surface area (Å²) < 4.78 is 12.1. The Bertz CT molecular complexity index is 857. The topological polar surface area (TPSA) is 47.6 Å². The Morgan fingerprint density at radius 2 is 1.89 bits per heavy atom. The number of aryl methyl sites for hydroxylation is 1. The number of ether oxygens (including phenoxy) is 2. The molecule has 4 heteroatoms. The Morgan fingerprint density at radius 3 is 2.61 bits per heavy atom. The van der Waals surface area contributed by atoms with E-state index in [0.29, 0.717) is 12.3 Å². The molecule has 0 fully saturated rings. The number of nitrogens with one attached hydrogen (secondary N) is 1. The maximum Gasteiger partial charge on any atom is 0.261 e. The molecule has 0 bridgehead atoms. The molecular formula is C24H31NO3. The van der Waals surface area contributed by atoms with Crippen molar-refractivity contribution in [2.45, 2.75) is 71.6 Å². The molecule has 1 N–H and O–H groups in total. The second-order valence-corrected chi connectivity index (χ2v) is 8.62. The molecule has 0 saturated heterocycles. The highest BCUT2D eigenvalue weighted by Gasteiger charge is 2.35. The van der Waals surface area contributed by atoms with Gasteiger partial charge in [0.15, 0.2) is 6.10 Å². The highest BCUT2D eigenvalue weighted by molar-refractivity contribution is 5.81. The molecule has 28 heavy (non-hydrogen) atoms. The molecule has 0 saturated carbocycles. The summed E-state index contributed by atoms with van der Waals surface area (Å²) in [5.41, 5.74) is 2.95. The first kappa shape index (κ1) is 20.2. The van der Waals surface area contributed by atoms with Crippen LogP contribution in [0.2, 0.25) is 0 Å². The number of para-hydroxylation sites is 1. The van der Waals surface area contributed by atoms with Crippen LogP contribution in [0, 0.1) is 6.92 Å². The van der Waals surface area contributed by atoms with Crippen molar-refractivity contribution in [1.82, 2.24) is 5.32 Å². The molecule has 1 aliphatic rings. The normalized spacial score (nSPS) is 18.8. The minimum atomic E-state index is -0.584. The fourth-order valence-corrected chi connectivity index (χ4v) is 3.70. The summed E-state index contributed by atoms with van der Waals surface area (Å²) in [5, 5.41) is 3.18. The molecule has 2 atom stereocenters. The molecule has 0 unspecified atom stereocenters. The lowest BCUT2D eigenvalue weighted by molar-refractivity contribution is -0.128. The summed E-state index contributed by atoms with van der Waals surface area (Å²) in [4.78, 5) is 12.9. The SMILES string of the molecule is Cc1ccc2c(c1)[C@@H](NC(=O)[C@H](C)Oc1ccccc1C(C)C)CC(C)(C)O2. The van der Waals surface area contributed by atoms with Gasteiger partial charge in [0.05, 0.1) is 6.04 Å². The number of hydrogen-bond acceptors (Lipinski definition) is 3. The number of rotatable bonds is 5. The quantitative estimate of drug-likeness (QED) is 0.764. The molecule has 0 radical (unpaired) electrons. The van der Waals surface area contributed by atoms with E-state index in [1.165, 1.54) is 0 Å². The van der Waals surface area contributed by atoms with Crippen molar-refractivity contribution < 1.29 is 14.3 Å². The summed E-state index contributed by atoms with van der Waals surface area (Å²) in [5.74, 6) is 1.82. The summed E-state index contributed by atoms with van der Waals surface area (Å²) in [7, 11) is 0. The minimum Gasteiger partial charge on any atom is -0.487 e. The van der Waals surface area contributed by atoms with Crippen molar-refractivity contribution >= 4 is 5.91 Å². The number of hydrogen-bond donors (Lipinski definition) is 1. The van der Waals surface area contributed by atoms with Crippen molar-refractivity contribution in [3.63, 3.8) is 0 Å². The van der Waals surface area contributed by atoms with E-state index in [9.17, 15) is 4.79 Å². The van der Waals surface area contributed by atoms with Gasteiger partial charge in [-0.3, -0.25) is 4.79 Å². The van der Waals surface area contributed by atoms with Gasteiger partial charge in [0.25, 0.3) is 5.91 Å². The fourth-order valence-electron chi connectivity index (χ4n) is 3.70. The standard InChI is InChI=1S/C24H31NO3/c1-15(2)18-9-7-8-10-21(18)27-17(4)23(26)25-20-14-24(5,6)28-22-12-11-16(3)13-19(20)22/h7-13,15,17,20H,14H2,1-6H3,(H,25,26)/t17-,20-/m0/s1. The molecule has 0 aromatic heterocycles. The summed E-state index contributed by atoms with van der Waals surface area (Å²) in [6.07, 6.45) is 0.129. The van der Waals surface area contributed by atoms with Crippen LogP contribution >= 0.6 is 0 Å². The second kappa shape index (κ2) is 7.86. The van der Waals surface area contributed by atoms with Gasteiger partial charge in [-0.1, -0.05) is 49.7 Å². The van der Waals surface area contributed by atoms with E-state index >= 15 is 0 Å². The van der Waals surface area contributed by atoms with Crippen LogP contribution in [0.1, 0.15) is 69.7 Å². The van der Waals surface area contributed by atoms with Gasteiger partial charge >= 0.3 is 0 Å². The molecule has 2 aromatic rings. The molecule has 150 valence electrons. The summed E-state index contributed by atoms with van der Waals surface area (Å²) in [6.45, 7) is 12.2. The van der Waals surface area contributed by atoms with Crippen LogP contribution in [0.4, 0.5) is 0 Å². The van der Waals surface area contributed by atoms with Crippen molar-refractivity contribution in [1.29, 1.82) is 0 Å². The van der Waals surface area contributed by atoms with Gasteiger partial charge in [-0.05, 0) is 51.3 Å².